The van der Waals surface area contributed by atoms with Crippen LogP contribution in [0, 0.1) is 0 Å². The SMILES string of the molecule is CCC(=O)c1ccc(NC(C)=O)c(Cl)c1. The molecule has 15 heavy (non-hydrogen) atoms. The molecule has 0 spiro atoms. The molecule has 1 rings (SSSR count). The van der Waals surface area contributed by atoms with Crippen LogP contribution < -0.4 is 5.32 Å². The molecule has 3 nitrogen and oxygen atoms in total. The van der Waals surface area contributed by atoms with Crippen molar-refractivity contribution in [1.82, 2.24) is 0 Å². The largest absolute Gasteiger partial charge is 0.325 e. The maximum Gasteiger partial charge on any atom is 0.221 e. The van der Waals surface area contributed by atoms with Crippen LogP contribution in [0.25, 0.3) is 0 Å². The Hall–Kier alpha value is -1.35. The van der Waals surface area contributed by atoms with Gasteiger partial charge in [0.1, 0.15) is 0 Å². The summed E-state index contributed by atoms with van der Waals surface area (Å²) in [6.45, 7) is 3.19. The zero-order valence-electron chi connectivity index (χ0n) is 8.63. The minimum Gasteiger partial charge on any atom is -0.325 e. The minimum absolute atomic E-state index is 0.0336. The number of rotatable bonds is 3. The normalized spacial score (nSPS) is 9.80. The first-order valence-electron chi connectivity index (χ1n) is 4.65. The van der Waals surface area contributed by atoms with Crippen molar-refractivity contribution in [2.45, 2.75) is 20.3 Å². The third kappa shape index (κ3) is 3.06. The number of carbonyl (C=O) groups is 2. The summed E-state index contributed by atoms with van der Waals surface area (Å²) in [5.41, 5.74) is 1.09. The van der Waals surface area contributed by atoms with E-state index in [2.05, 4.69) is 5.32 Å². The van der Waals surface area contributed by atoms with Gasteiger partial charge in [-0.3, -0.25) is 9.59 Å². The van der Waals surface area contributed by atoms with Crippen LogP contribution in [0.1, 0.15) is 30.6 Å². The van der Waals surface area contributed by atoms with Crippen molar-refractivity contribution < 1.29 is 9.59 Å². The van der Waals surface area contributed by atoms with E-state index in [9.17, 15) is 9.59 Å². The molecule has 0 aliphatic heterocycles. The van der Waals surface area contributed by atoms with Gasteiger partial charge in [0.05, 0.1) is 10.7 Å². The number of carbonyl (C=O) groups excluding carboxylic acids is 2. The van der Waals surface area contributed by atoms with Crippen molar-refractivity contribution in [2.75, 3.05) is 5.32 Å². The molecule has 1 amide bonds. The average Bonchev–Trinajstić information content (AvgIpc) is 2.19. The Morgan fingerprint density at radius 3 is 2.53 bits per heavy atom. The first kappa shape index (κ1) is 11.7. The molecular formula is C11H12ClNO2. The van der Waals surface area contributed by atoms with E-state index in [0.29, 0.717) is 22.7 Å². The predicted octanol–water partition coefficient (Wildman–Crippen LogP) is 2.89. The molecule has 0 aliphatic carbocycles. The van der Waals surface area contributed by atoms with Crippen LogP contribution in [0.2, 0.25) is 5.02 Å². The van der Waals surface area contributed by atoms with E-state index in [-0.39, 0.29) is 11.7 Å². The second-order valence-corrected chi connectivity index (χ2v) is 3.56. The number of halogens is 1. The van der Waals surface area contributed by atoms with Gasteiger partial charge in [-0.25, -0.2) is 0 Å². The highest BCUT2D eigenvalue weighted by Gasteiger charge is 2.07. The standard InChI is InChI=1S/C11H12ClNO2/c1-3-11(15)8-4-5-10(9(12)6-8)13-7(2)14/h4-6H,3H2,1-2H3,(H,13,14). The third-order valence-electron chi connectivity index (χ3n) is 1.92. The molecule has 1 aromatic carbocycles. The summed E-state index contributed by atoms with van der Waals surface area (Å²) >= 11 is 5.91. The second kappa shape index (κ2) is 4.94. The number of Topliss-reactive ketones (excluding diaryl/α,β-unsaturated/α-hetero) is 1. The predicted molar refractivity (Wildman–Crippen MR) is 60.4 cm³/mol. The van der Waals surface area contributed by atoms with Gasteiger partial charge in [-0.05, 0) is 18.2 Å². The van der Waals surface area contributed by atoms with Crippen LogP contribution in [0.5, 0.6) is 0 Å². The van der Waals surface area contributed by atoms with E-state index in [1.54, 1.807) is 25.1 Å². The lowest BCUT2D eigenvalue weighted by Crippen LogP contribution is -2.07. The van der Waals surface area contributed by atoms with Gasteiger partial charge in [-0.2, -0.15) is 0 Å². The van der Waals surface area contributed by atoms with E-state index in [4.69, 9.17) is 11.6 Å². The minimum atomic E-state index is -0.188. The van der Waals surface area contributed by atoms with Gasteiger partial charge in [-0.1, -0.05) is 18.5 Å². The van der Waals surface area contributed by atoms with Gasteiger partial charge in [0.15, 0.2) is 5.78 Å². The van der Waals surface area contributed by atoms with E-state index in [1.165, 1.54) is 6.92 Å². The van der Waals surface area contributed by atoms with Crippen molar-refractivity contribution in [3.8, 4) is 0 Å². The summed E-state index contributed by atoms with van der Waals surface area (Å²) in [5, 5.41) is 2.95. The van der Waals surface area contributed by atoms with E-state index < -0.39 is 0 Å². The maximum absolute atomic E-state index is 11.4. The van der Waals surface area contributed by atoms with Crippen LogP contribution in [0.3, 0.4) is 0 Å². The van der Waals surface area contributed by atoms with Crippen molar-refractivity contribution in [3.63, 3.8) is 0 Å². The fourth-order valence-corrected chi connectivity index (χ4v) is 1.41. The molecule has 0 atom stereocenters. The Morgan fingerprint density at radius 1 is 1.40 bits per heavy atom. The molecule has 80 valence electrons. The second-order valence-electron chi connectivity index (χ2n) is 3.15. The van der Waals surface area contributed by atoms with Crippen LogP contribution in [-0.4, -0.2) is 11.7 Å². The fourth-order valence-electron chi connectivity index (χ4n) is 1.18. The highest BCUT2D eigenvalue weighted by molar-refractivity contribution is 6.34. The lowest BCUT2D eigenvalue weighted by molar-refractivity contribution is -0.114. The molecule has 0 aliphatic rings. The molecule has 0 heterocycles. The molecular weight excluding hydrogens is 214 g/mol. The van der Waals surface area contributed by atoms with Gasteiger partial charge >= 0.3 is 0 Å². The van der Waals surface area contributed by atoms with Crippen LogP contribution in [-0.2, 0) is 4.79 Å². The Bertz CT molecular complexity index is 402. The van der Waals surface area contributed by atoms with Crippen LogP contribution >= 0.6 is 11.6 Å². The topological polar surface area (TPSA) is 46.2 Å². The first-order chi connectivity index (χ1) is 7.04. The molecule has 0 saturated carbocycles. The van der Waals surface area contributed by atoms with Gasteiger partial charge in [0.25, 0.3) is 0 Å². The molecule has 1 N–H and O–H groups in total. The summed E-state index contributed by atoms with van der Waals surface area (Å²) in [7, 11) is 0. The molecule has 0 fully saturated rings. The summed E-state index contributed by atoms with van der Waals surface area (Å²) < 4.78 is 0. The lowest BCUT2D eigenvalue weighted by atomic mass is 10.1. The Kier molecular flexibility index (Phi) is 3.86. The summed E-state index contributed by atoms with van der Waals surface area (Å²) in [5.74, 6) is -0.155. The molecule has 0 unspecified atom stereocenters. The number of hydrogen-bond acceptors (Lipinski definition) is 2. The molecule has 1 aromatic rings. The first-order valence-corrected chi connectivity index (χ1v) is 5.02. The number of anilines is 1. The number of nitrogens with one attached hydrogen (secondary N) is 1. The number of hydrogen-bond donors (Lipinski definition) is 1. The molecule has 4 heteroatoms. The van der Waals surface area contributed by atoms with Crippen molar-refractivity contribution in [3.05, 3.63) is 28.8 Å². The summed E-state index contributed by atoms with van der Waals surface area (Å²) in [6, 6.07) is 4.86. The number of benzene rings is 1. The van der Waals surface area contributed by atoms with Gasteiger partial charge < -0.3 is 5.32 Å². The molecule has 0 saturated heterocycles. The maximum atomic E-state index is 11.4. The summed E-state index contributed by atoms with van der Waals surface area (Å²) in [6.07, 6.45) is 0.440. The van der Waals surface area contributed by atoms with Gasteiger partial charge in [0, 0.05) is 18.9 Å². The lowest BCUT2D eigenvalue weighted by Gasteiger charge is -2.06. The smallest absolute Gasteiger partial charge is 0.221 e. The van der Waals surface area contributed by atoms with Gasteiger partial charge in [-0.15, -0.1) is 0 Å². The van der Waals surface area contributed by atoms with E-state index >= 15 is 0 Å². The molecule has 0 radical (unpaired) electrons. The molecule has 0 bridgehead atoms. The Labute approximate surface area is 93.4 Å². The van der Waals surface area contributed by atoms with E-state index in [0.717, 1.165) is 0 Å². The average molecular weight is 226 g/mol. The number of ketones is 1. The summed E-state index contributed by atoms with van der Waals surface area (Å²) in [4.78, 5) is 22.2. The zero-order valence-corrected chi connectivity index (χ0v) is 9.39. The Balaban J connectivity index is 2.97. The van der Waals surface area contributed by atoms with Gasteiger partial charge in [0.2, 0.25) is 5.91 Å². The highest BCUT2D eigenvalue weighted by Crippen LogP contribution is 2.23. The van der Waals surface area contributed by atoms with Crippen molar-refractivity contribution >= 4 is 29.0 Å². The Morgan fingerprint density at radius 2 is 2.07 bits per heavy atom. The molecule has 0 aromatic heterocycles. The van der Waals surface area contributed by atoms with Crippen molar-refractivity contribution in [2.24, 2.45) is 0 Å². The zero-order chi connectivity index (χ0) is 11.4. The monoisotopic (exact) mass is 225 g/mol. The fraction of sp³-hybridized carbons (Fsp3) is 0.273. The third-order valence-corrected chi connectivity index (χ3v) is 2.24. The van der Waals surface area contributed by atoms with E-state index in [1.807, 2.05) is 0 Å². The van der Waals surface area contributed by atoms with Crippen LogP contribution in [0.4, 0.5) is 5.69 Å². The van der Waals surface area contributed by atoms with Crippen LogP contribution in [0.15, 0.2) is 18.2 Å². The highest BCUT2D eigenvalue weighted by atomic mass is 35.5. The van der Waals surface area contributed by atoms with Crippen molar-refractivity contribution in [1.29, 1.82) is 0 Å². The quantitative estimate of drug-likeness (QED) is 0.804. The number of amides is 1.